The van der Waals surface area contributed by atoms with Gasteiger partial charge in [-0.25, -0.2) is 18.0 Å². The zero-order valence-electron chi connectivity index (χ0n) is 21.1. The highest BCUT2D eigenvalue weighted by molar-refractivity contribution is 7.89. The molecule has 2 aliphatic heterocycles. The number of benzene rings is 3. The first-order chi connectivity index (χ1) is 18.2. The van der Waals surface area contributed by atoms with Crippen LogP contribution in [0.3, 0.4) is 0 Å². The van der Waals surface area contributed by atoms with Crippen LogP contribution in [0.25, 0.3) is 10.8 Å². The second-order valence-electron chi connectivity index (χ2n) is 9.55. The van der Waals surface area contributed by atoms with Crippen molar-refractivity contribution in [2.45, 2.75) is 30.3 Å². The molecule has 0 spiro atoms. The molecule has 0 bridgehead atoms. The minimum atomic E-state index is -3.44. The summed E-state index contributed by atoms with van der Waals surface area (Å²) in [5.41, 5.74) is 1.37. The molecule has 3 aromatic rings. The van der Waals surface area contributed by atoms with E-state index in [9.17, 15) is 8.42 Å². The van der Waals surface area contributed by atoms with Crippen LogP contribution in [-0.2, 0) is 26.2 Å². The van der Waals surface area contributed by atoms with Gasteiger partial charge < -0.3 is 10.2 Å². The summed E-state index contributed by atoms with van der Waals surface area (Å²) in [5, 5.41) is 16.8. The second-order valence-corrected chi connectivity index (χ2v) is 11.5. The van der Waals surface area contributed by atoms with Gasteiger partial charge in [0.05, 0.1) is 4.90 Å². The molecule has 2 fully saturated rings. The molecule has 0 aromatic heterocycles. The molecule has 0 atom stereocenters. The first kappa shape index (κ1) is 27.7. The van der Waals surface area contributed by atoms with Gasteiger partial charge in [-0.05, 0) is 41.3 Å². The van der Waals surface area contributed by atoms with Gasteiger partial charge in [0, 0.05) is 51.9 Å². The number of sulfonamides is 1. The summed E-state index contributed by atoms with van der Waals surface area (Å²) in [4.78, 5) is 23.7. The van der Waals surface area contributed by atoms with Crippen LogP contribution in [0.15, 0.2) is 77.7 Å². The average molecular weight is 540 g/mol. The van der Waals surface area contributed by atoms with Gasteiger partial charge >= 0.3 is 11.9 Å². The maximum atomic E-state index is 13.2. The quantitative estimate of drug-likeness (QED) is 0.475. The Labute approximate surface area is 222 Å². The number of fused-ring (bicyclic) bond motifs is 1. The Balaban J connectivity index is 0.000000505. The Bertz CT molecular complexity index is 1340. The molecule has 38 heavy (non-hydrogen) atoms. The van der Waals surface area contributed by atoms with Crippen LogP contribution < -0.4 is 0 Å². The van der Waals surface area contributed by atoms with E-state index in [-0.39, 0.29) is 0 Å². The molecular weight excluding hydrogens is 506 g/mol. The molecular formula is C28H33N3O6S. The van der Waals surface area contributed by atoms with Crippen LogP contribution in [0.4, 0.5) is 0 Å². The largest absolute Gasteiger partial charge is 0.473 e. The lowest BCUT2D eigenvalue weighted by Crippen LogP contribution is -2.53. The van der Waals surface area contributed by atoms with E-state index in [1.807, 2.05) is 36.4 Å². The summed E-state index contributed by atoms with van der Waals surface area (Å²) in [6.07, 6.45) is 1.82. The third-order valence-corrected chi connectivity index (χ3v) is 9.03. The van der Waals surface area contributed by atoms with Gasteiger partial charge in [-0.1, -0.05) is 60.7 Å². The van der Waals surface area contributed by atoms with Crippen molar-refractivity contribution in [3.63, 3.8) is 0 Å². The fourth-order valence-corrected chi connectivity index (χ4v) is 6.56. The van der Waals surface area contributed by atoms with E-state index in [0.29, 0.717) is 24.0 Å². The van der Waals surface area contributed by atoms with E-state index in [4.69, 9.17) is 19.8 Å². The molecule has 10 heteroatoms. The maximum absolute atomic E-state index is 13.2. The summed E-state index contributed by atoms with van der Waals surface area (Å²) in [6, 6.07) is 24.5. The average Bonchev–Trinajstić information content (AvgIpc) is 2.94. The highest BCUT2D eigenvalue weighted by atomic mass is 32.2. The lowest BCUT2D eigenvalue weighted by molar-refractivity contribution is -0.159. The Morgan fingerprint density at radius 2 is 1.32 bits per heavy atom. The number of hydrogen-bond donors (Lipinski definition) is 2. The zero-order valence-corrected chi connectivity index (χ0v) is 22.0. The number of aliphatic carboxylic acids is 2. The lowest BCUT2D eigenvalue weighted by Gasteiger charge is -2.42. The number of piperidine rings is 1. The van der Waals surface area contributed by atoms with Crippen LogP contribution >= 0.6 is 0 Å². The van der Waals surface area contributed by atoms with Crippen molar-refractivity contribution in [2.24, 2.45) is 0 Å². The predicted octanol–water partition coefficient (Wildman–Crippen LogP) is 2.97. The van der Waals surface area contributed by atoms with Crippen molar-refractivity contribution in [3.8, 4) is 0 Å². The van der Waals surface area contributed by atoms with E-state index in [0.717, 1.165) is 56.3 Å². The van der Waals surface area contributed by atoms with Gasteiger partial charge in [0.2, 0.25) is 10.0 Å². The maximum Gasteiger partial charge on any atom is 0.414 e. The number of carboxylic acids is 2. The fourth-order valence-electron chi connectivity index (χ4n) is 5.05. The summed E-state index contributed by atoms with van der Waals surface area (Å²) < 4.78 is 28.2. The van der Waals surface area contributed by atoms with Crippen molar-refractivity contribution in [2.75, 3.05) is 39.3 Å². The van der Waals surface area contributed by atoms with Crippen molar-refractivity contribution >= 4 is 32.7 Å². The van der Waals surface area contributed by atoms with Gasteiger partial charge in [0.15, 0.2) is 0 Å². The minimum absolute atomic E-state index is 0.407. The Morgan fingerprint density at radius 1 is 0.737 bits per heavy atom. The van der Waals surface area contributed by atoms with Crippen molar-refractivity contribution in [3.05, 3.63) is 78.4 Å². The molecule has 0 unspecified atom stereocenters. The first-order valence-corrected chi connectivity index (χ1v) is 14.1. The normalized spacial score (nSPS) is 18.0. The second kappa shape index (κ2) is 12.5. The van der Waals surface area contributed by atoms with E-state index in [1.165, 1.54) is 5.56 Å². The van der Waals surface area contributed by atoms with Crippen LogP contribution in [0.5, 0.6) is 0 Å². The fraction of sp³-hybridized carbons (Fsp3) is 0.357. The molecule has 5 rings (SSSR count). The van der Waals surface area contributed by atoms with Gasteiger partial charge in [0.25, 0.3) is 0 Å². The molecule has 202 valence electrons. The topological polar surface area (TPSA) is 118 Å². The highest BCUT2D eigenvalue weighted by Crippen LogP contribution is 2.26. The van der Waals surface area contributed by atoms with Crippen LogP contribution in [-0.4, -0.2) is 90.0 Å². The number of carbonyl (C=O) groups is 2. The molecule has 3 aromatic carbocycles. The number of nitrogens with zero attached hydrogens (tertiary/aromatic N) is 3. The SMILES string of the molecule is O=C(O)C(=O)O.O=S(=O)(c1ccc2ccccc2c1)N1CCC(N2CCN(Cc3ccccc3)CC2)CC1. The Kier molecular flexibility index (Phi) is 9.11. The molecule has 0 aliphatic carbocycles. The van der Waals surface area contributed by atoms with E-state index >= 15 is 0 Å². The third kappa shape index (κ3) is 6.96. The molecule has 0 amide bonds. The Hall–Kier alpha value is -3.31. The summed E-state index contributed by atoms with van der Waals surface area (Å²) in [6.45, 7) is 6.49. The Morgan fingerprint density at radius 3 is 1.92 bits per heavy atom. The number of rotatable bonds is 5. The van der Waals surface area contributed by atoms with E-state index in [1.54, 1.807) is 10.4 Å². The van der Waals surface area contributed by atoms with Crippen molar-refractivity contribution in [1.29, 1.82) is 0 Å². The lowest BCUT2D eigenvalue weighted by atomic mass is 10.0. The van der Waals surface area contributed by atoms with Crippen molar-refractivity contribution < 1.29 is 28.2 Å². The summed E-state index contributed by atoms with van der Waals surface area (Å²) in [5.74, 6) is -3.65. The van der Waals surface area contributed by atoms with Crippen molar-refractivity contribution in [1.82, 2.24) is 14.1 Å². The number of piperazine rings is 1. The zero-order chi connectivity index (χ0) is 27.1. The molecule has 2 saturated heterocycles. The van der Waals surface area contributed by atoms with Crippen LogP contribution in [0.1, 0.15) is 18.4 Å². The summed E-state index contributed by atoms with van der Waals surface area (Å²) in [7, 11) is -3.44. The van der Waals surface area contributed by atoms with Gasteiger partial charge in [0.1, 0.15) is 0 Å². The van der Waals surface area contributed by atoms with Crippen LogP contribution in [0, 0.1) is 0 Å². The van der Waals surface area contributed by atoms with E-state index < -0.39 is 22.0 Å². The molecule has 2 aliphatic rings. The number of hydrogen-bond acceptors (Lipinski definition) is 6. The molecule has 0 saturated carbocycles. The molecule has 2 heterocycles. The van der Waals surface area contributed by atoms with Crippen LogP contribution in [0.2, 0.25) is 0 Å². The highest BCUT2D eigenvalue weighted by Gasteiger charge is 2.32. The molecule has 0 radical (unpaired) electrons. The molecule has 2 N–H and O–H groups in total. The number of carboxylic acid groups (broad SMARTS) is 2. The predicted molar refractivity (Wildman–Crippen MR) is 144 cm³/mol. The van der Waals surface area contributed by atoms with Gasteiger partial charge in [-0.2, -0.15) is 4.31 Å². The third-order valence-electron chi connectivity index (χ3n) is 7.14. The van der Waals surface area contributed by atoms with Gasteiger partial charge in [-0.15, -0.1) is 0 Å². The smallest absolute Gasteiger partial charge is 0.414 e. The molecule has 9 nitrogen and oxygen atoms in total. The van der Waals surface area contributed by atoms with E-state index in [2.05, 4.69) is 40.1 Å². The summed E-state index contributed by atoms with van der Waals surface area (Å²) >= 11 is 0. The standard InChI is InChI=1S/C26H31N3O2S.C2H2O4/c30-32(31,26-11-10-23-8-4-5-9-24(23)20-26)29-14-12-25(13-15-29)28-18-16-27(17-19-28)21-22-6-2-1-3-7-22;3-1(4)2(5)6/h1-11,20,25H,12-19,21H2;(H,3,4)(H,5,6). The monoisotopic (exact) mass is 539 g/mol. The minimum Gasteiger partial charge on any atom is -0.473 e. The van der Waals surface area contributed by atoms with Gasteiger partial charge in [-0.3, -0.25) is 9.80 Å². The first-order valence-electron chi connectivity index (χ1n) is 12.7.